The van der Waals surface area contributed by atoms with Gasteiger partial charge in [0.05, 0.1) is 31.8 Å². The molecule has 0 fully saturated rings. The van der Waals surface area contributed by atoms with Crippen molar-refractivity contribution in [1.82, 2.24) is 5.32 Å². The highest BCUT2D eigenvalue weighted by Gasteiger charge is 2.21. The van der Waals surface area contributed by atoms with Crippen LogP contribution in [0.15, 0.2) is 108 Å². The second-order valence-corrected chi connectivity index (χ2v) is 11.2. The van der Waals surface area contributed by atoms with Crippen LogP contribution in [-0.2, 0) is 9.59 Å². The van der Waals surface area contributed by atoms with Crippen LogP contribution in [0.4, 0.5) is 11.4 Å². The Balaban J connectivity index is 1.50. The number of amides is 3. The quantitative estimate of drug-likeness (QED) is 0.100. The fraction of sp³-hybridized carbons (Fsp3) is 0.194. The van der Waals surface area contributed by atoms with Crippen molar-refractivity contribution in [3.8, 4) is 17.2 Å². The number of thioether (sulfide) groups is 1. The third-order valence-corrected chi connectivity index (χ3v) is 8.09. The molecule has 238 valence electrons. The molecule has 0 aliphatic rings. The van der Waals surface area contributed by atoms with Crippen molar-refractivity contribution in [3.05, 3.63) is 114 Å². The van der Waals surface area contributed by atoms with E-state index in [1.807, 2.05) is 38.1 Å². The number of anilines is 2. The van der Waals surface area contributed by atoms with Crippen LogP contribution in [0.3, 0.4) is 0 Å². The van der Waals surface area contributed by atoms with Crippen molar-refractivity contribution >= 4 is 46.9 Å². The molecule has 4 rings (SSSR count). The summed E-state index contributed by atoms with van der Waals surface area (Å²) in [5.41, 5.74) is 2.24. The molecule has 9 nitrogen and oxygen atoms in total. The van der Waals surface area contributed by atoms with E-state index in [1.54, 1.807) is 86.0 Å². The minimum absolute atomic E-state index is 0.0651. The van der Waals surface area contributed by atoms with Gasteiger partial charge in [0, 0.05) is 22.2 Å². The lowest BCUT2D eigenvalue weighted by molar-refractivity contribution is -0.116. The molecule has 0 saturated carbocycles. The maximum absolute atomic E-state index is 13.5. The summed E-state index contributed by atoms with van der Waals surface area (Å²) >= 11 is 1.38. The minimum atomic E-state index is -0.503. The van der Waals surface area contributed by atoms with Crippen LogP contribution < -0.4 is 30.2 Å². The molecule has 0 bridgehead atoms. The van der Waals surface area contributed by atoms with Gasteiger partial charge in [-0.1, -0.05) is 43.3 Å². The number of carbonyl (C=O) groups is 3. The van der Waals surface area contributed by atoms with Crippen LogP contribution in [0.5, 0.6) is 17.2 Å². The van der Waals surface area contributed by atoms with E-state index in [-0.39, 0.29) is 11.6 Å². The van der Waals surface area contributed by atoms with Crippen LogP contribution >= 0.6 is 11.8 Å². The lowest BCUT2D eigenvalue weighted by Gasteiger charge is -2.17. The van der Waals surface area contributed by atoms with E-state index in [9.17, 15) is 14.4 Å². The maximum atomic E-state index is 13.5. The standard InChI is InChI=1S/C36H37N3O6S/c1-5-33(36(42)38-30-20-19-28(43-3)23-32(30)44-4)46-29-14-10-13-26(22-29)37-35(41)31(39-34(40)25-11-8-7-9-12-25)21-24-15-17-27(18-16-24)45-6-2/h7-23,33H,5-6H2,1-4H3,(H,37,41)(H,38,42)(H,39,40)/b31-21+. The van der Waals surface area contributed by atoms with Crippen molar-refractivity contribution in [2.45, 2.75) is 30.4 Å². The van der Waals surface area contributed by atoms with E-state index in [0.29, 0.717) is 52.8 Å². The topological polar surface area (TPSA) is 115 Å². The summed E-state index contributed by atoms with van der Waals surface area (Å²) in [4.78, 5) is 40.6. The summed E-state index contributed by atoms with van der Waals surface area (Å²) in [5.74, 6) is 0.710. The van der Waals surface area contributed by atoms with Gasteiger partial charge in [0.2, 0.25) is 5.91 Å². The zero-order valence-electron chi connectivity index (χ0n) is 26.2. The summed E-state index contributed by atoms with van der Waals surface area (Å²) in [7, 11) is 3.09. The lowest BCUT2D eigenvalue weighted by Crippen LogP contribution is -2.30. The summed E-state index contributed by atoms with van der Waals surface area (Å²) in [6, 6.07) is 28.3. The second kappa shape index (κ2) is 16.7. The Morgan fingerprint density at radius 2 is 1.54 bits per heavy atom. The van der Waals surface area contributed by atoms with Gasteiger partial charge in [0.15, 0.2) is 0 Å². The fourth-order valence-electron chi connectivity index (χ4n) is 4.38. The first kappa shape index (κ1) is 33.7. The monoisotopic (exact) mass is 639 g/mol. The number of benzene rings is 4. The van der Waals surface area contributed by atoms with E-state index in [2.05, 4.69) is 16.0 Å². The van der Waals surface area contributed by atoms with Crippen LogP contribution in [-0.4, -0.2) is 43.8 Å². The molecule has 1 unspecified atom stereocenters. The normalized spacial score (nSPS) is 11.6. The Hall–Kier alpha value is -5.22. The van der Waals surface area contributed by atoms with Crippen molar-refractivity contribution in [3.63, 3.8) is 0 Å². The third kappa shape index (κ3) is 9.39. The highest BCUT2D eigenvalue weighted by molar-refractivity contribution is 8.00. The Morgan fingerprint density at radius 3 is 2.22 bits per heavy atom. The molecule has 0 saturated heterocycles. The molecule has 46 heavy (non-hydrogen) atoms. The molecule has 0 spiro atoms. The molecule has 10 heteroatoms. The summed E-state index contributed by atoms with van der Waals surface area (Å²) in [5, 5.41) is 8.17. The molecule has 1 atom stereocenters. The first-order valence-electron chi connectivity index (χ1n) is 14.7. The summed E-state index contributed by atoms with van der Waals surface area (Å²) in [6.45, 7) is 4.37. The number of nitrogens with one attached hydrogen (secondary N) is 3. The van der Waals surface area contributed by atoms with Gasteiger partial charge in [-0.2, -0.15) is 0 Å². The van der Waals surface area contributed by atoms with Gasteiger partial charge < -0.3 is 30.2 Å². The van der Waals surface area contributed by atoms with Crippen molar-refractivity contribution < 1.29 is 28.6 Å². The maximum Gasteiger partial charge on any atom is 0.272 e. The minimum Gasteiger partial charge on any atom is -0.497 e. The first-order valence-corrected chi connectivity index (χ1v) is 15.6. The fourth-order valence-corrected chi connectivity index (χ4v) is 5.40. The summed E-state index contributed by atoms with van der Waals surface area (Å²) in [6.07, 6.45) is 2.17. The second-order valence-electron chi connectivity index (χ2n) is 9.93. The van der Waals surface area contributed by atoms with E-state index in [4.69, 9.17) is 14.2 Å². The van der Waals surface area contributed by atoms with Gasteiger partial charge in [0.25, 0.3) is 11.8 Å². The van der Waals surface area contributed by atoms with Gasteiger partial charge in [-0.15, -0.1) is 11.8 Å². The lowest BCUT2D eigenvalue weighted by atomic mass is 10.1. The number of hydrogen-bond acceptors (Lipinski definition) is 7. The predicted molar refractivity (Wildman–Crippen MR) is 183 cm³/mol. The summed E-state index contributed by atoms with van der Waals surface area (Å²) < 4.78 is 16.2. The molecular formula is C36H37N3O6S. The van der Waals surface area contributed by atoms with Gasteiger partial charge in [-0.3, -0.25) is 14.4 Å². The number of carbonyl (C=O) groups excluding carboxylic acids is 3. The molecule has 0 aliphatic heterocycles. The van der Waals surface area contributed by atoms with Crippen LogP contribution in [0, 0.1) is 0 Å². The van der Waals surface area contributed by atoms with Crippen molar-refractivity contribution in [1.29, 1.82) is 0 Å². The molecule has 0 heterocycles. The van der Waals surface area contributed by atoms with Crippen molar-refractivity contribution in [2.75, 3.05) is 31.5 Å². The third-order valence-electron chi connectivity index (χ3n) is 6.73. The highest BCUT2D eigenvalue weighted by Crippen LogP contribution is 2.32. The average Bonchev–Trinajstić information content (AvgIpc) is 3.08. The molecule has 0 aliphatic carbocycles. The Bertz CT molecular complexity index is 1680. The van der Waals surface area contributed by atoms with Gasteiger partial charge in [-0.05, 0) is 79.6 Å². The van der Waals surface area contributed by atoms with Crippen LogP contribution in [0.25, 0.3) is 6.08 Å². The highest BCUT2D eigenvalue weighted by atomic mass is 32.2. The van der Waals surface area contributed by atoms with E-state index < -0.39 is 17.1 Å². The number of rotatable bonds is 14. The zero-order chi connectivity index (χ0) is 32.9. The van der Waals surface area contributed by atoms with Gasteiger partial charge in [-0.25, -0.2) is 0 Å². The SMILES string of the molecule is CCOc1ccc(/C=C(/NC(=O)c2ccccc2)C(=O)Nc2cccc(SC(CC)C(=O)Nc3ccc(OC)cc3OC)c2)cc1. The smallest absolute Gasteiger partial charge is 0.272 e. The molecular weight excluding hydrogens is 602 g/mol. The average molecular weight is 640 g/mol. The number of methoxy groups -OCH3 is 2. The van der Waals surface area contributed by atoms with Gasteiger partial charge >= 0.3 is 0 Å². The number of hydrogen-bond donors (Lipinski definition) is 3. The molecule has 3 amide bonds. The Morgan fingerprint density at radius 1 is 0.804 bits per heavy atom. The van der Waals surface area contributed by atoms with E-state index in [1.165, 1.54) is 18.9 Å². The predicted octanol–water partition coefficient (Wildman–Crippen LogP) is 7.02. The van der Waals surface area contributed by atoms with E-state index in [0.717, 1.165) is 4.90 Å². The molecule has 4 aromatic rings. The van der Waals surface area contributed by atoms with E-state index >= 15 is 0 Å². The largest absolute Gasteiger partial charge is 0.497 e. The van der Waals surface area contributed by atoms with Crippen LogP contribution in [0.2, 0.25) is 0 Å². The Kier molecular flexibility index (Phi) is 12.3. The van der Waals surface area contributed by atoms with Gasteiger partial charge in [0.1, 0.15) is 22.9 Å². The van der Waals surface area contributed by atoms with Crippen molar-refractivity contribution in [2.24, 2.45) is 0 Å². The molecule has 4 aromatic carbocycles. The zero-order valence-corrected chi connectivity index (χ0v) is 27.0. The molecule has 0 aromatic heterocycles. The molecule has 3 N–H and O–H groups in total. The van der Waals surface area contributed by atoms with Crippen LogP contribution in [0.1, 0.15) is 36.2 Å². The Labute approximate surface area is 273 Å². The number of ether oxygens (including phenoxy) is 3. The first-order chi connectivity index (χ1) is 22.3. The molecule has 0 radical (unpaired) electrons.